The summed E-state index contributed by atoms with van der Waals surface area (Å²) in [5, 5.41) is 20.3. The lowest BCUT2D eigenvalue weighted by Gasteiger charge is -2.24. The maximum Gasteiger partial charge on any atom is 0.164 e. The highest BCUT2D eigenvalue weighted by atomic mass is 16.5. The van der Waals surface area contributed by atoms with E-state index in [9.17, 15) is 10.2 Å². The molecule has 2 aromatic rings. The molecule has 2 atom stereocenters. The monoisotopic (exact) mass is 364 g/mol. The van der Waals surface area contributed by atoms with Crippen LogP contribution in [0, 0.1) is 0 Å². The first-order chi connectivity index (χ1) is 12.6. The van der Waals surface area contributed by atoms with Gasteiger partial charge in [-0.1, -0.05) is 6.07 Å². The molecule has 0 saturated heterocycles. The van der Waals surface area contributed by atoms with Crippen LogP contribution < -0.4 is 23.7 Å². The van der Waals surface area contributed by atoms with Crippen molar-refractivity contribution in [3.63, 3.8) is 0 Å². The van der Waals surface area contributed by atoms with E-state index < -0.39 is 18.8 Å². The minimum absolute atomic E-state index is 0.381. The number of methoxy groups -OCH3 is 4. The van der Waals surface area contributed by atoms with Gasteiger partial charge in [-0.3, -0.25) is 0 Å². The zero-order valence-corrected chi connectivity index (χ0v) is 15.3. The summed E-state index contributed by atoms with van der Waals surface area (Å²) in [7, 11) is 6.09. The quantitative estimate of drug-likeness (QED) is 0.705. The van der Waals surface area contributed by atoms with Crippen molar-refractivity contribution < 1.29 is 33.9 Å². The number of rotatable bonds is 9. The lowest BCUT2D eigenvalue weighted by molar-refractivity contribution is -0.000542. The second-order valence-electron chi connectivity index (χ2n) is 5.41. The summed E-state index contributed by atoms with van der Waals surface area (Å²) in [5.41, 5.74) is 0.522. The van der Waals surface area contributed by atoms with Crippen LogP contribution in [-0.4, -0.2) is 51.4 Å². The molecule has 2 aromatic carbocycles. The highest BCUT2D eigenvalue weighted by Crippen LogP contribution is 2.35. The van der Waals surface area contributed by atoms with Gasteiger partial charge in [0.1, 0.15) is 11.9 Å². The predicted octanol–water partition coefficient (Wildman–Crippen LogP) is 2.19. The predicted molar refractivity (Wildman–Crippen MR) is 95.6 cm³/mol. The van der Waals surface area contributed by atoms with Crippen molar-refractivity contribution >= 4 is 0 Å². The molecule has 7 nitrogen and oxygen atoms in total. The molecule has 0 spiro atoms. The van der Waals surface area contributed by atoms with Gasteiger partial charge in [-0.25, -0.2) is 0 Å². The van der Waals surface area contributed by atoms with Gasteiger partial charge in [0.15, 0.2) is 29.1 Å². The number of benzene rings is 2. The summed E-state index contributed by atoms with van der Waals surface area (Å²) in [4.78, 5) is 0. The maximum atomic E-state index is 10.6. The lowest BCUT2D eigenvalue weighted by atomic mass is 10.0. The van der Waals surface area contributed by atoms with Gasteiger partial charge in [-0.05, 0) is 29.8 Å². The largest absolute Gasteiger partial charge is 0.497 e. The smallest absolute Gasteiger partial charge is 0.164 e. The van der Waals surface area contributed by atoms with Crippen molar-refractivity contribution in [2.24, 2.45) is 0 Å². The van der Waals surface area contributed by atoms with E-state index in [1.165, 1.54) is 21.3 Å². The SMILES string of the molecule is COc1ccc(OC(CO)C(O)c2ccc(OC)c(OC)c2)c(OC)c1. The second-order valence-corrected chi connectivity index (χ2v) is 5.41. The molecular weight excluding hydrogens is 340 g/mol. The molecular formula is C19H24O7. The molecule has 2 N–H and O–H groups in total. The first-order valence-electron chi connectivity index (χ1n) is 7.97. The van der Waals surface area contributed by atoms with Crippen LogP contribution in [0.15, 0.2) is 36.4 Å². The molecule has 0 aliphatic carbocycles. The minimum Gasteiger partial charge on any atom is -0.497 e. The molecule has 0 bridgehead atoms. The fourth-order valence-electron chi connectivity index (χ4n) is 2.49. The van der Waals surface area contributed by atoms with Gasteiger partial charge in [0, 0.05) is 6.07 Å². The van der Waals surface area contributed by atoms with E-state index in [1.54, 1.807) is 43.5 Å². The Morgan fingerprint density at radius 3 is 1.96 bits per heavy atom. The number of aliphatic hydroxyl groups is 2. The van der Waals surface area contributed by atoms with Gasteiger partial charge in [0.05, 0.1) is 35.0 Å². The summed E-state index contributed by atoms with van der Waals surface area (Å²) in [5.74, 6) is 2.44. The molecule has 0 saturated carbocycles. The van der Waals surface area contributed by atoms with Crippen LogP contribution in [0.3, 0.4) is 0 Å². The van der Waals surface area contributed by atoms with E-state index in [4.69, 9.17) is 23.7 Å². The first kappa shape index (κ1) is 19.7. The zero-order chi connectivity index (χ0) is 19.1. The Labute approximate surface area is 152 Å². The topological polar surface area (TPSA) is 86.6 Å². The number of hydrogen-bond donors (Lipinski definition) is 2. The standard InChI is InChI=1S/C19H24O7/c1-22-13-6-8-15(17(10-13)25-4)26-18(11-20)19(21)12-5-7-14(23-2)16(9-12)24-3/h5-10,18-21H,11H2,1-4H3. The van der Waals surface area contributed by atoms with Crippen LogP contribution in [0.4, 0.5) is 0 Å². The van der Waals surface area contributed by atoms with Crippen molar-refractivity contribution in [3.8, 4) is 28.7 Å². The third kappa shape index (κ3) is 4.30. The number of ether oxygens (including phenoxy) is 5. The van der Waals surface area contributed by atoms with Crippen molar-refractivity contribution in [2.75, 3.05) is 35.0 Å². The minimum atomic E-state index is -1.09. The maximum absolute atomic E-state index is 10.6. The Kier molecular flexibility index (Phi) is 6.94. The Morgan fingerprint density at radius 1 is 0.769 bits per heavy atom. The van der Waals surface area contributed by atoms with Crippen molar-refractivity contribution in [3.05, 3.63) is 42.0 Å². The molecule has 0 aliphatic heterocycles. The van der Waals surface area contributed by atoms with Gasteiger partial charge >= 0.3 is 0 Å². The number of aliphatic hydroxyl groups excluding tert-OH is 2. The molecule has 7 heteroatoms. The molecule has 142 valence electrons. The average Bonchev–Trinajstić information content (AvgIpc) is 2.70. The number of hydrogen-bond acceptors (Lipinski definition) is 7. The fourth-order valence-corrected chi connectivity index (χ4v) is 2.49. The Morgan fingerprint density at radius 2 is 1.38 bits per heavy atom. The molecule has 0 aliphatic rings. The van der Waals surface area contributed by atoms with Crippen LogP contribution in [0.25, 0.3) is 0 Å². The van der Waals surface area contributed by atoms with Crippen LogP contribution in [0.2, 0.25) is 0 Å². The fraction of sp³-hybridized carbons (Fsp3) is 0.368. The van der Waals surface area contributed by atoms with Gasteiger partial charge in [0.2, 0.25) is 0 Å². The highest BCUT2D eigenvalue weighted by Gasteiger charge is 2.25. The molecule has 0 aromatic heterocycles. The van der Waals surface area contributed by atoms with Gasteiger partial charge in [0.25, 0.3) is 0 Å². The Balaban J connectivity index is 2.25. The van der Waals surface area contributed by atoms with E-state index >= 15 is 0 Å². The molecule has 2 unspecified atom stereocenters. The van der Waals surface area contributed by atoms with Gasteiger partial charge in [-0.2, -0.15) is 0 Å². The second kappa shape index (κ2) is 9.17. The first-order valence-corrected chi connectivity index (χ1v) is 7.97. The van der Waals surface area contributed by atoms with Crippen molar-refractivity contribution in [2.45, 2.75) is 12.2 Å². The summed E-state index contributed by atoms with van der Waals surface area (Å²) < 4.78 is 26.6. The van der Waals surface area contributed by atoms with E-state index in [1.807, 2.05) is 0 Å². The molecule has 26 heavy (non-hydrogen) atoms. The molecule has 0 amide bonds. The third-order valence-electron chi connectivity index (χ3n) is 3.93. The van der Waals surface area contributed by atoms with Crippen LogP contribution >= 0.6 is 0 Å². The van der Waals surface area contributed by atoms with Crippen LogP contribution in [-0.2, 0) is 0 Å². The molecule has 0 fully saturated rings. The Bertz CT molecular complexity index is 717. The summed E-state index contributed by atoms with van der Waals surface area (Å²) in [6.07, 6.45) is -2.00. The molecule has 0 heterocycles. The zero-order valence-electron chi connectivity index (χ0n) is 15.3. The molecule has 2 rings (SSSR count). The van der Waals surface area contributed by atoms with Crippen LogP contribution in [0.5, 0.6) is 28.7 Å². The summed E-state index contributed by atoms with van der Waals surface area (Å²) >= 11 is 0. The summed E-state index contributed by atoms with van der Waals surface area (Å²) in [6, 6.07) is 10.0. The van der Waals surface area contributed by atoms with E-state index in [2.05, 4.69) is 0 Å². The van der Waals surface area contributed by atoms with E-state index in [-0.39, 0.29) is 0 Å². The Hall–Kier alpha value is -2.64. The highest BCUT2D eigenvalue weighted by molar-refractivity contribution is 5.46. The average molecular weight is 364 g/mol. The van der Waals surface area contributed by atoms with Gasteiger partial charge in [-0.15, -0.1) is 0 Å². The van der Waals surface area contributed by atoms with E-state index in [0.717, 1.165) is 0 Å². The van der Waals surface area contributed by atoms with Gasteiger partial charge < -0.3 is 33.9 Å². The van der Waals surface area contributed by atoms with Crippen LogP contribution in [0.1, 0.15) is 11.7 Å². The van der Waals surface area contributed by atoms with E-state index in [0.29, 0.717) is 34.3 Å². The molecule has 0 radical (unpaired) electrons. The van der Waals surface area contributed by atoms with Crippen molar-refractivity contribution in [1.29, 1.82) is 0 Å². The third-order valence-corrected chi connectivity index (χ3v) is 3.93. The normalized spacial score (nSPS) is 12.8. The lowest BCUT2D eigenvalue weighted by Crippen LogP contribution is -2.29. The summed E-state index contributed by atoms with van der Waals surface area (Å²) in [6.45, 7) is -0.398. The van der Waals surface area contributed by atoms with Crippen molar-refractivity contribution in [1.82, 2.24) is 0 Å².